The molecule has 0 aromatic carbocycles. The first-order valence-corrected chi connectivity index (χ1v) is 5.45. The molecule has 0 saturated heterocycles. The van der Waals surface area contributed by atoms with Gasteiger partial charge in [-0.25, -0.2) is 0 Å². The normalized spacial score (nSPS) is 16.2. The van der Waals surface area contributed by atoms with Gasteiger partial charge < -0.3 is 10.5 Å². The predicted octanol–water partition coefficient (Wildman–Crippen LogP) is 2.57. The van der Waals surface area contributed by atoms with Crippen LogP contribution < -0.4 is 5.73 Å². The second kappa shape index (κ2) is 7.34. The van der Waals surface area contributed by atoms with E-state index in [1.54, 1.807) is 0 Å². The van der Waals surface area contributed by atoms with Crippen molar-refractivity contribution in [2.24, 2.45) is 11.7 Å². The van der Waals surface area contributed by atoms with Crippen LogP contribution >= 0.6 is 0 Å². The van der Waals surface area contributed by atoms with Crippen molar-refractivity contribution in [1.29, 1.82) is 0 Å². The van der Waals surface area contributed by atoms with Crippen molar-refractivity contribution in [2.75, 3.05) is 6.54 Å². The van der Waals surface area contributed by atoms with E-state index in [0.717, 1.165) is 25.8 Å². The third-order valence-electron chi connectivity index (χ3n) is 2.17. The largest absolute Gasteiger partial charge is 0.375 e. The molecule has 80 valence electrons. The molecule has 0 amide bonds. The second-order valence-electron chi connectivity index (χ2n) is 4.18. The summed E-state index contributed by atoms with van der Waals surface area (Å²) in [7, 11) is 0. The van der Waals surface area contributed by atoms with Crippen molar-refractivity contribution < 1.29 is 4.74 Å². The van der Waals surface area contributed by atoms with E-state index in [-0.39, 0.29) is 0 Å². The molecule has 2 unspecified atom stereocenters. The Morgan fingerprint density at radius 1 is 1.23 bits per heavy atom. The number of nitrogens with two attached hydrogens (primary N) is 1. The summed E-state index contributed by atoms with van der Waals surface area (Å²) in [5, 5.41) is 0. The first kappa shape index (κ1) is 12.9. The molecule has 0 aliphatic rings. The van der Waals surface area contributed by atoms with Crippen molar-refractivity contribution in [3.8, 4) is 0 Å². The zero-order valence-electron chi connectivity index (χ0n) is 9.55. The first-order chi connectivity index (χ1) is 6.10. The van der Waals surface area contributed by atoms with E-state index < -0.39 is 0 Å². The Hall–Kier alpha value is -0.0800. The topological polar surface area (TPSA) is 35.2 Å². The molecule has 0 aliphatic carbocycles. The van der Waals surface area contributed by atoms with Crippen LogP contribution in [0.3, 0.4) is 0 Å². The molecule has 2 heteroatoms. The predicted molar refractivity (Wildman–Crippen MR) is 57.8 cm³/mol. The lowest BCUT2D eigenvalue weighted by molar-refractivity contribution is -0.0162. The molecule has 2 nitrogen and oxygen atoms in total. The fourth-order valence-electron chi connectivity index (χ4n) is 1.60. The number of rotatable bonds is 7. The van der Waals surface area contributed by atoms with Gasteiger partial charge in [-0.3, -0.25) is 0 Å². The van der Waals surface area contributed by atoms with Crippen LogP contribution in [0.25, 0.3) is 0 Å². The van der Waals surface area contributed by atoms with E-state index in [1.165, 1.54) is 0 Å². The summed E-state index contributed by atoms with van der Waals surface area (Å²) in [4.78, 5) is 0. The molecule has 0 spiro atoms. The average molecular weight is 187 g/mol. The van der Waals surface area contributed by atoms with Gasteiger partial charge >= 0.3 is 0 Å². The van der Waals surface area contributed by atoms with Crippen molar-refractivity contribution in [2.45, 2.75) is 59.2 Å². The maximum atomic E-state index is 5.87. The van der Waals surface area contributed by atoms with Crippen LogP contribution in [-0.2, 0) is 4.74 Å². The molecule has 13 heavy (non-hydrogen) atoms. The van der Waals surface area contributed by atoms with E-state index in [9.17, 15) is 0 Å². The molecule has 0 bridgehead atoms. The van der Waals surface area contributed by atoms with Crippen molar-refractivity contribution in [1.82, 2.24) is 0 Å². The Labute approximate surface area is 82.8 Å². The highest BCUT2D eigenvalue weighted by molar-refractivity contribution is 4.61. The van der Waals surface area contributed by atoms with Gasteiger partial charge in [0, 0.05) is 0 Å². The summed E-state index contributed by atoms with van der Waals surface area (Å²) in [6.45, 7) is 9.49. The Bertz CT molecular complexity index is 115. The third kappa shape index (κ3) is 7.03. The van der Waals surface area contributed by atoms with Gasteiger partial charge in [-0.15, -0.1) is 0 Å². The van der Waals surface area contributed by atoms with Gasteiger partial charge in [0.25, 0.3) is 0 Å². The highest BCUT2D eigenvalue weighted by Gasteiger charge is 2.11. The van der Waals surface area contributed by atoms with Crippen LogP contribution in [0.4, 0.5) is 0 Å². The lowest BCUT2D eigenvalue weighted by atomic mass is 10.1. The van der Waals surface area contributed by atoms with Crippen molar-refractivity contribution >= 4 is 0 Å². The Kier molecular flexibility index (Phi) is 7.29. The van der Waals surface area contributed by atoms with Crippen LogP contribution in [-0.4, -0.2) is 18.8 Å². The average Bonchev–Trinajstić information content (AvgIpc) is 2.02. The molecule has 0 aromatic heterocycles. The lowest BCUT2D eigenvalue weighted by Gasteiger charge is -2.22. The van der Waals surface area contributed by atoms with Gasteiger partial charge in [0.2, 0.25) is 0 Å². The van der Waals surface area contributed by atoms with Gasteiger partial charge in [0.05, 0.1) is 12.2 Å². The van der Waals surface area contributed by atoms with Crippen LogP contribution in [0.1, 0.15) is 47.0 Å². The maximum absolute atomic E-state index is 5.87. The Balaban J connectivity index is 3.65. The fraction of sp³-hybridized carbons (Fsp3) is 1.00. The minimum Gasteiger partial charge on any atom is -0.375 e. The van der Waals surface area contributed by atoms with Gasteiger partial charge in [-0.1, -0.05) is 20.8 Å². The van der Waals surface area contributed by atoms with Gasteiger partial charge in [-0.2, -0.15) is 0 Å². The zero-order chi connectivity index (χ0) is 10.3. The highest BCUT2D eigenvalue weighted by Crippen LogP contribution is 2.12. The van der Waals surface area contributed by atoms with Crippen LogP contribution in [0, 0.1) is 5.92 Å². The molecule has 0 saturated carbocycles. The molecule has 0 aromatic rings. The summed E-state index contributed by atoms with van der Waals surface area (Å²) in [5.41, 5.74) is 5.50. The van der Waals surface area contributed by atoms with Gasteiger partial charge in [0.1, 0.15) is 0 Å². The smallest absolute Gasteiger partial charge is 0.0588 e. The first-order valence-electron chi connectivity index (χ1n) is 5.45. The second-order valence-corrected chi connectivity index (χ2v) is 4.18. The summed E-state index contributed by atoms with van der Waals surface area (Å²) in [5.74, 6) is 0.713. The molecule has 0 fully saturated rings. The van der Waals surface area contributed by atoms with E-state index in [1.807, 2.05) is 0 Å². The number of hydrogen-bond donors (Lipinski definition) is 1. The standard InChI is InChI=1S/C11H25NO/c1-5-11(6-7-12)13-10(4)8-9(2)3/h9-11H,5-8,12H2,1-4H3. The molecule has 0 heterocycles. The van der Waals surface area contributed by atoms with E-state index in [4.69, 9.17) is 10.5 Å². The summed E-state index contributed by atoms with van der Waals surface area (Å²) in [6.07, 6.45) is 3.93. The Morgan fingerprint density at radius 2 is 1.85 bits per heavy atom. The summed E-state index contributed by atoms with van der Waals surface area (Å²) < 4.78 is 5.87. The van der Waals surface area contributed by atoms with E-state index in [2.05, 4.69) is 27.7 Å². The zero-order valence-corrected chi connectivity index (χ0v) is 9.55. The summed E-state index contributed by atoms with van der Waals surface area (Å²) in [6, 6.07) is 0. The maximum Gasteiger partial charge on any atom is 0.0588 e. The van der Waals surface area contributed by atoms with Crippen molar-refractivity contribution in [3.63, 3.8) is 0 Å². The SMILES string of the molecule is CCC(CCN)OC(C)CC(C)C. The molecule has 0 rings (SSSR count). The van der Waals surface area contributed by atoms with E-state index in [0.29, 0.717) is 18.1 Å². The van der Waals surface area contributed by atoms with Crippen LogP contribution in [0.5, 0.6) is 0 Å². The summed E-state index contributed by atoms with van der Waals surface area (Å²) >= 11 is 0. The minimum absolute atomic E-state index is 0.360. The highest BCUT2D eigenvalue weighted by atomic mass is 16.5. The van der Waals surface area contributed by atoms with E-state index >= 15 is 0 Å². The lowest BCUT2D eigenvalue weighted by Crippen LogP contribution is -2.23. The van der Waals surface area contributed by atoms with Crippen molar-refractivity contribution in [3.05, 3.63) is 0 Å². The molecule has 2 atom stereocenters. The molecular formula is C11H25NO. The molecule has 0 aliphatic heterocycles. The van der Waals surface area contributed by atoms with Crippen LogP contribution in [0.15, 0.2) is 0 Å². The Morgan fingerprint density at radius 3 is 2.23 bits per heavy atom. The monoisotopic (exact) mass is 187 g/mol. The number of hydrogen-bond acceptors (Lipinski definition) is 2. The third-order valence-corrected chi connectivity index (χ3v) is 2.17. The van der Waals surface area contributed by atoms with Gasteiger partial charge in [-0.05, 0) is 38.6 Å². The molecule has 2 N–H and O–H groups in total. The fourth-order valence-corrected chi connectivity index (χ4v) is 1.60. The minimum atomic E-state index is 0.360. The quantitative estimate of drug-likeness (QED) is 0.665. The van der Waals surface area contributed by atoms with Gasteiger partial charge in [0.15, 0.2) is 0 Å². The van der Waals surface area contributed by atoms with Crippen LogP contribution in [0.2, 0.25) is 0 Å². The molecular weight excluding hydrogens is 162 g/mol. The number of ether oxygens (including phenoxy) is 1. The molecule has 0 radical (unpaired) electrons.